The number of carbonyl (C=O) groups excluding carboxylic acids is 2. The van der Waals surface area contributed by atoms with Gasteiger partial charge in [-0.15, -0.1) is 0 Å². The second kappa shape index (κ2) is 6.95. The maximum Gasteiger partial charge on any atom is 0.416 e. The molecule has 0 radical (unpaired) electrons. The zero-order valence-corrected chi connectivity index (χ0v) is 14.9. The van der Waals surface area contributed by atoms with E-state index in [1.54, 1.807) is 43.3 Å². The van der Waals surface area contributed by atoms with Crippen molar-refractivity contribution in [3.63, 3.8) is 0 Å². The predicted molar refractivity (Wildman–Crippen MR) is 97.0 cm³/mol. The summed E-state index contributed by atoms with van der Waals surface area (Å²) in [7, 11) is 3.19. The van der Waals surface area contributed by atoms with Crippen LogP contribution in [0, 0.1) is 0 Å². The van der Waals surface area contributed by atoms with Crippen molar-refractivity contribution in [3.8, 4) is 11.5 Å². The van der Waals surface area contributed by atoms with Crippen LogP contribution in [-0.4, -0.2) is 36.1 Å². The molecule has 1 atom stereocenters. The Morgan fingerprint density at radius 3 is 2.73 bits per heavy atom. The lowest BCUT2D eigenvalue weighted by Gasteiger charge is -2.33. The Balaban J connectivity index is 1.80. The number of nitrogen functional groups attached to an aromatic ring is 1. The van der Waals surface area contributed by atoms with Crippen molar-refractivity contribution in [1.29, 1.82) is 0 Å². The quantitative estimate of drug-likeness (QED) is 0.853. The van der Waals surface area contributed by atoms with E-state index in [9.17, 15) is 9.59 Å². The molecule has 1 unspecified atom stereocenters. The summed E-state index contributed by atoms with van der Waals surface area (Å²) in [6.07, 6.45) is -0.951. The van der Waals surface area contributed by atoms with Gasteiger partial charge in [0.15, 0.2) is 0 Å². The number of ether oxygens (including phenoxy) is 2. The molecule has 0 spiro atoms. The highest BCUT2D eigenvalue weighted by atomic mass is 16.6. The lowest BCUT2D eigenvalue weighted by atomic mass is 10.0. The monoisotopic (exact) mass is 355 g/mol. The zero-order valence-electron chi connectivity index (χ0n) is 14.9. The van der Waals surface area contributed by atoms with Crippen LogP contribution < -0.4 is 15.2 Å². The Bertz CT molecular complexity index is 850. The van der Waals surface area contributed by atoms with Gasteiger partial charge in [0.1, 0.15) is 11.5 Å². The standard InChI is InChI=1S/C19H21N3O4/c1-12(13-5-4-6-15(20)9-13)22-11-14-7-8-16(25-18(23)21(2)3)10-17(14)26-19(22)24/h4-10,12H,11,20H2,1-3H3. The van der Waals surface area contributed by atoms with Crippen LogP contribution in [0.25, 0.3) is 0 Å². The Morgan fingerprint density at radius 1 is 1.27 bits per heavy atom. The van der Waals surface area contributed by atoms with Gasteiger partial charge < -0.3 is 20.1 Å². The maximum atomic E-state index is 12.5. The molecule has 0 bridgehead atoms. The Kier molecular flexibility index (Phi) is 4.71. The maximum absolute atomic E-state index is 12.5. The van der Waals surface area contributed by atoms with Gasteiger partial charge in [0.2, 0.25) is 0 Å². The molecule has 0 aliphatic carbocycles. The number of anilines is 1. The van der Waals surface area contributed by atoms with Gasteiger partial charge in [-0.2, -0.15) is 0 Å². The van der Waals surface area contributed by atoms with Gasteiger partial charge in [-0.3, -0.25) is 4.90 Å². The number of nitrogens with two attached hydrogens (primary N) is 1. The molecule has 0 aromatic heterocycles. The van der Waals surface area contributed by atoms with Crippen LogP contribution in [0.5, 0.6) is 11.5 Å². The van der Waals surface area contributed by atoms with Crippen molar-refractivity contribution < 1.29 is 19.1 Å². The first-order valence-corrected chi connectivity index (χ1v) is 8.21. The molecule has 1 aliphatic heterocycles. The van der Waals surface area contributed by atoms with Gasteiger partial charge in [-0.25, -0.2) is 9.59 Å². The molecule has 1 aliphatic rings. The molecule has 3 rings (SSSR count). The van der Waals surface area contributed by atoms with E-state index >= 15 is 0 Å². The van der Waals surface area contributed by atoms with E-state index in [0.717, 1.165) is 11.1 Å². The molecule has 26 heavy (non-hydrogen) atoms. The van der Waals surface area contributed by atoms with Gasteiger partial charge in [0.25, 0.3) is 0 Å². The minimum Gasteiger partial charge on any atom is -0.410 e. The summed E-state index contributed by atoms with van der Waals surface area (Å²) in [6.45, 7) is 2.32. The summed E-state index contributed by atoms with van der Waals surface area (Å²) in [4.78, 5) is 27.1. The number of fused-ring (bicyclic) bond motifs is 1. The summed E-state index contributed by atoms with van der Waals surface area (Å²) in [5.41, 5.74) is 8.25. The van der Waals surface area contributed by atoms with E-state index < -0.39 is 12.2 Å². The highest BCUT2D eigenvalue weighted by Gasteiger charge is 2.30. The van der Waals surface area contributed by atoms with E-state index in [-0.39, 0.29) is 6.04 Å². The molecule has 0 saturated carbocycles. The van der Waals surface area contributed by atoms with Crippen LogP contribution in [-0.2, 0) is 6.54 Å². The summed E-state index contributed by atoms with van der Waals surface area (Å²) in [5, 5.41) is 0. The van der Waals surface area contributed by atoms with E-state index in [2.05, 4.69) is 0 Å². The predicted octanol–water partition coefficient (Wildman–Crippen LogP) is 3.40. The molecule has 7 nitrogen and oxygen atoms in total. The highest BCUT2D eigenvalue weighted by molar-refractivity contribution is 5.75. The van der Waals surface area contributed by atoms with Crippen molar-refractivity contribution in [2.45, 2.75) is 19.5 Å². The lowest BCUT2D eigenvalue weighted by molar-refractivity contribution is 0.119. The number of carbonyl (C=O) groups is 2. The van der Waals surface area contributed by atoms with Crippen LogP contribution >= 0.6 is 0 Å². The normalized spacial score (nSPS) is 14.3. The first kappa shape index (κ1) is 17.6. The summed E-state index contributed by atoms with van der Waals surface area (Å²) >= 11 is 0. The summed E-state index contributed by atoms with van der Waals surface area (Å²) < 4.78 is 10.7. The van der Waals surface area contributed by atoms with Crippen molar-refractivity contribution in [1.82, 2.24) is 9.80 Å². The summed E-state index contributed by atoms with van der Waals surface area (Å²) in [6, 6.07) is 12.3. The van der Waals surface area contributed by atoms with Gasteiger partial charge in [0.05, 0.1) is 12.6 Å². The topological polar surface area (TPSA) is 85.1 Å². The van der Waals surface area contributed by atoms with Gasteiger partial charge in [0, 0.05) is 31.4 Å². The minimum atomic E-state index is -0.496. The van der Waals surface area contributed by atoms with Crippen molar-refractivity contribution in [3.05, 3.63) is 53.6 Å². The smallest absolute Gasteiger partial charge is 0.410 e. The molecule has 1 heterocycles. The fraction of sp³-hybridized carbons (Fsp3) is 0.263. The van der Waals surface area contributed by atoms with Gasteiger partial charge >= 0.3 is 12.2 Å². The molecule has 2 aromatic carbocycles. The van der Waals surface area contributed by atoms with Crippen LogP contribution in [0.3, 0.4) is 0 Å². The van der Waals surface area contributed by atoms with Crippen LogP contribution in [0.1, 0.15) is 24.1 Å². The third-order valence-electron chi connectivity index (χ3n) is 4.24. The first-order valence-electron chi connectivity index (χ1n) is 8.21. The molecule has 136 valence electrons. The second-order valence-electron chi connectivity index (χ2n) is 6.37. The molecule has 7 heteroatoms. The van der Waals surface area contributed by atoms with Crippen molar-refractivity contribution >= 4 is 17.9 Å². The van der Waals surface area contributed by atoms with Crippen molar-refractivity contribution in [2.24, 2.45) is 0 Å². The SMILES string of the molecule is CC(c1cccc(N)c1)N1Cc2ccc(OC(=O)N(C)C)cc2OC1=O. The Hall–Kier alpha value is -3.22. The second-order valence-corrected chi connectivity index (χ2v) is 6.37. The van der Waals surface area contributed by atoms with Gasteiger partial charge in [-0.05, 0) is 36.8 Å². The van der Waals surface area contributed by atoms with Gasteiger partial charge in [-0.1, -0.05) is 12.1 Å². The van der Waals surface area contributed by atoms with Crippen molar-refractivity contribution in [2.75, 3.05) is 19.8 Å². The molecular weight excluding hydrogens is 334 g/mol. The van der Waals surface area contributed by atoms with E-state index in [1.807, 2.05) is 25.1 Å². The largest absolute Gasteiger partial charge is 0.416 e. The van der Waals surface area contributed by atoms with E-state index in [1.165, 1.54) is 4.90 Å². The first-order chi connectivity index (χ1) is 12.3. The molecular formula is C19H21N3O4. The molecule has 0 saturated heterocycles. The number of nitrogens with zero attached hydrogens (tertiary/aromatic N) is 2. The zero-order chi connectivity index (χ0) is 18.8. The van der Waals surface area contributed by atoms with E-state index in [0.29, 0.717) is 23.7 Å². The fourth-order valence-electron chi connectivity index (χ4n) is 2.71. The minimum absolute atomic E-state index is 0.189. The Labute approximate surface area is 151 Å². The summed E-state index contributed by atoms with van der Waals surface area (Å²) in [5.74, 6) is 0.725. The fourth-order valence-corrected chi connectivity index (χ4v) is 2.71. The number of rotatable bonds is 3. The molecule has 2 amide bonds. The molecule has 2 aromatic rings. The highest BCUT2D eigenvalue weighted by Crippen LogP contribution is 2.34. The van der Waals surface area contributed by atoms with E-state index in [4.69, 9.17) is 15.2 Å². The number of hydrogen-bond donors (Lipinski definition) is 1. The number of amides is 2. The van der Waals surface area contributed by atoms with Crippen LogP contribution in [0.2, 0.25) is 0 Å². The third-order valence-corrected chi connectivity index (χ3v) is 4.24. The van der Waals surface area contributed by atoms with Crippen LogP contribution in [0.15, 0.2) is 42.5 Å². The molecule has 2 N–H and O–H groups in total. The average Bonchev–Trinajstić information content (AvgIpc) is 2.60. The van der Waals surface area contributed by atoms with Crippen LogP contribution in [0.4, 0.5) is 15.3 Å². The number of benzene rings is 2. The average molecular weight is 355 g/mol. The lowest BCUT2D eigenvalue weighted by Crippen LogP contribution is -2.38. The Morgan fingerprint density at radius 2 is 2.04 bits per heavy atom. The third kappa shape index (κ3) is 3.56. The molecule has 0 fully saturated rings. The number of hydrogen-bond acceptors (Lipinski definition) is 5.